The van der Waals surface area contributed by atoms with Crippen LogP contribution in [0.5, 0.6) is 0 Å². The third kappa shape index (κ3) is 1.81. The molecule has 1 aliphatic heterocycles. The van der Waals surface area contributed by atoms with E-state index >= 15 is 0 Å². The molecule has 0 saturated carbocycles. The Balaban J connectivity index is 2.82. The summed E-state index contributed by atoms with van der Waals surface area (Å²) in [5.74, 6) is -0.185. The molecule has 4 nitrogen and oxygen atoms in total. The number of amides is 1. The van der Waals surface area contributed by atoms with Crippen molar-refractivity contribution in [3.8, 4) is 12.1 Å². The zero-order valence-electron chi connectivity index (χ0n) is 6.90. The number of carbonyl (C=O) groups excluding carboxylic acids is 1. The molecule has 1 heterocycles. The van der Waals surface area contributed by atoms with Crippen molar-refractivity contribution in [3.05, 3.63) is 0 Å². The quantitative estimate of drug-likeness (QED) is 0.638. The molecule has 0 bridgehead atoms. The van der Waals surface area contributed by atoms with Crippen LogP contribution in [0, 0.1) is 22.7 Å². The number of hydrogen-bond acceptors (Lipinski definition) is 3. The second kappa shape index (κ2) is 4.25. The largest absolute Gasteiger partial charge is 0.310 e. The summed E-state index contributed by atoms with van der Waals surface area (Å²) in [5.41, 5.74) is 0. The number of carbonyl (C=O) groups is 1. The van der Waals surface area contributed by atoms with Crippen LogP contribution in [-0.4, -0.2) is 28.2 Å². The monoisotopic (exact) mass is 241 g/mol. The van der Waals surface area contributed by atoms with Crippen LogP contribution in [0.1, 0.15) is 12.8 Å². The van der Waals surface area contributed by atoms with Crippen molar-refractivity contribution in [1.82, 2.24) is 4.90 Å². The molecular weight excluding hydrogens is 234 g/mol. The Hall–Kier alpha value is -1.07. The zero-order chi connectivity index (χ0) is 9.84. The molecule has 1 amide bonds. The molecule has 0 aromatic heterocycles. The Kier molecular flexibility index (Phi) is 3.27. The standard InChI is InChI=1S/C8H8BrN3O/c9-3-8(13)12-6(4-10)1-2-7(12)5-11/h6-7H,1-3H2/t6-,7-/m0/s1. The van der Waals surface area contributed by atoms with Crippen molar-refractivity contribution >= 4 is 21.8 Å². The number of halogens is 1. The first-order valence-corrected chi connectivity index (χ1v) is 5.03. The van der Waals surface area contributed by atoms with Crippen molar-refractivity contribution in [1.29, 1.82) is 10.5 Å². The number of likely N-dealkylation sites (tertiary alicyclic amines) is 1. The second-order valence-electron chi connectivity index (χ2n) is 2.80. The van der Waals surface area contributed by atoms with Crippen LogP contribution in [0.4, 0.5) is 0 Å². The van der Waals surface area contributed by atoms with Gasteiger partial charge < -0.3 is 4.90 Å². The van der Waals surface area contributed by atoms with Gasteiger partial charge in [-0.2, -0.15) is 10.5 Å². The molecule has 0 N–H and O–H groups in total. The fourth-order valence-corrected chi connectivity index (χ4v) is 1.77. The van der Waals surface area contributed by atoms with E-state index in [0.717, 1.165) is 0 Å². The van der Waals surface area contributed by atoms with Crippen LogP contribution < -0.4 is 0 Å². The summed E-state index contributed by atoms with van der Waals surface area (Å²) in [6.45, 7) is 0. The van der Waals surface area contributed by atoms with E-state index in [1.807, 2.05) is 12.1 Å². The van der Waals surface area contributed by atoms with Crippen molar-refractivity contribution < 1.29 is 4.79 Å². The first-order chi connectivity index (χ1) is 6.24. The van der Waals surface area contributed by atoms with Crippen molar-refractivity contribution in [2.75, 3.05) is 5.33 Å². The molecule has 68 valence electrons. The normalized spacial score (nSPS) is 26.5. The average Bonchev–Trinajstić information content (AvgIpc) is 2.59. The maximum atomic E-state index is 11.3. The fourth-order valence-electron chi connectivity index (χ4n) is 1.48. The summed E-state index contributed by atoms with van der Waals surface area (Å²) in [6, 6.07) is 3.21. The van der Waals surface area contributed by atoms with Gasteiger partial charge in [-0.3, -0.25) is 4.79 Å². The van der Waals surface area contributed by atoms with Gasteiger partial charge in [0.25, 0.3) is 0 Å². The highest BCUT2D eigenvalue weighted by molar-refractivity contribution is 9.09. The van der Waals surface area contributed by atoms with Crippen LogP contribution in [-0.2, 0) is 4.79 Å². The second-order valence-corrected chi connectivity index (χ2v) is 3.36. The molecule has 5 heteroatoms. The Morgan fingerprint density at radius 2 is 1.85 bits per heavy atom. The molecule has 2 atom stereocenters. The van der Waals surface area contributed by atoms with E-state index in [4.69, 9.17) is 10.5 Å². The van der Waals surface area contributed by atoms with Crippen LogP contribution in [0.3, 0.4) is 0 Å². The minimum atomic E-state index is -0.422. The number of nitriles is 2. The predicted octanol–water partition coefficient (Wildman–Crippen LogP) is 0.788. The first-order valence-electron chi connectivity index (χ1n) is 3.91. The Labute approximate surface area is 84.9 Å². The highest BCUT2D eigenvalue weighted by Gasteiger charge is 2.36. The molecule has 1 saturated heterocycles. The minimum Gasteiger partial charge on any atom is -0.310 e. The van der Waals surface area contributed by atoms with Gasteiger partial charge in [0.15, 0.2) is 0 Å². The third-order valence-corrected chi connectivity index (χ3v) is 2.57. The molecular formula is C8H8BrN3O. The van der Waals surface area contributed by atoms with Gasteiger partial charge in [0.2, 0.25) is 5.91 Å². The zero-order valence-corrected chi connectivity index (χ0v) is 8.49. The number of alkyl halides is 1. The molecule has 13 heavy (non-hydrogen) atoms. The summed E-state index contributed by atoms with van der Waals surface area (Å²) in [5, 5.41) is 17.6. The molecule has 0 aliphatic carbocycles. The first kappa shape index (κ1) is 10.0. The summed E-state index contributed by atoms with van der Waals surface area (Å²) < 4.78 is 0. The van der Waals surface area contributed by atoms with Crippen molar-refractivity contribution in [3.63, 3.8) is 0 Å². The number of rotatable bonds is 1. The lowest BCUT2D eigenvalue weighted by Crippen LogP contribution is -2.40. The average molecular weight is 242 g/mol. The van der Waals surface area contributed by atoms with Gasteiger partial charge >= 0.3 is 0 Å². The SMILES string of the molecule is N#C[C@@H]1CC[C@@H](C#N)N1C(=O)CBr. The number of nitrogens with zero attached hydrogens (tertiary/aromatic N) is 3. The maximum absolute atomic E-state index is 11.3. The van der Waals surface area contributed by atoms with Crippen LogP contribution >= 0.6 is 15.9 Å². The Morgan fingerprint density at radius 1 is 1.38 bits per heavy atom. The highest BCUT2D eigenvalue weighted by atomic mass is 79.9. The van der Waals surface area contributed by atoms with Crippen LogP contribution in [0.25, 0.3) is 0 Å². The topological polar surface area (TPSA) is 67.9 Å². The smallest absolute Gasteiger partial charge is 0.235 e. The van der Waals surface area contributed by atoms with Crippen LogP contribution in [0.2, 0.25) is 0 Å². The highest BCUT2D eigenvalue weighted by Crippen LogP contribution is 2.23. The van der Waals surface area contributed by atoms with Crippen molar-refractivity contribution in [2.45, 2.75) is 24.9 Å². The molecule has 1 rings (SSSR count). The molecule has 0 spiro atoms. The molecule has 0 radical (unpaired) electrons. The summed E-state index contributed by atoms with van der Waals surface area (Å²) >= 11 is 3.03. The lowest BCUT2D eigenvalue weighted by atomic mass is 10.2. The Morgan fingerprint density at radius 3 is 2.15 bits per heavy atom. The van der Waals surface area contributed by atoms with E-state index in [-0.39, 0.29) is 11.2 Å². The minimum absolute atomic E-state index is 0.170. The lowest BCUT2D eigenvalue weighted by molar-refractivity contribution is -0.129. The third-order valence-electron chi connectivity index (χ3n) is 2.09. The molecule has 0 aromatic rings. The van der Waals surface area contributed by atoms with E-state index in [9.17, 15) is 4.79 Å². The van der Waals surface area contributed by atoms with E-state index in [1.54, 1.807) is 0 Å². The van der Waals surface area contributed by atoms with E-state index < -0.39 is 12.1 Å². The van der Waals surface area contributed by atoms with E-state index in [2.05, 4.69) is 15.9 Å². The maximum Gasteiger partial charge on any atom is 0.235 e. The summed E-state index contributed by atoms with van der Waals surface area (Å²) in [7, 11) is 0. The lowest BCUT2D eigenvalue weighted by Gasteiger charge is -2.21. The summed E-state index contributed by atoms with van der Waals surface area (Å²) in [6.07, 6.45) is 1.21. The van der Waals surface area contributed by atoms with E-state index in [1.165, 1.54) is 4.90 Å². The van der Waals surface area contributed by atoms with Crippen LogP contribution in [0.15, 0.2) is 0 Å². The van der Waals surface area contributed by atoms with Gasteiger partial charge in [0, 0.05) is 0 Å². The summed E-state index contributed by atoms with van der Waals surface area (Å²) in [4.78, 5) is 12.7. The van der Waals surface area contributed by atoms with Gasteiger partial charge in [-0.15, -0.1) is 0 Å². The molecule has 1 aliphatic rings. The molecule has 0 aromatic carbocycles. The Bertz CT molecular complexity index is 269. The van der Waals surface area contributed by atoms with Gasteiger partial charge in [-0.05, 0) is 12.8 Å². The van der Waals surface area contributed by atoms with Crippen molar-refractivity contribution in [2.24, 2.45) is 0 Å². The molecule has 0 unspecified atom stereocenters. The van der Waals surface area contributed by atoms with Gasteiger partial charge in [-0.25, -0.2) is 0 Å². The fraction of sp³-hybridized carbons (Fsp3) is 0.625. The predicted molar refractivity (Wildman–Crippen MR) is 48.7 cm³/mol. The number of hydrogen-bond donors (Lipinski definition) is 0. The molecule has 1 fully saturated rings. The van der Waals surface area contributed by atoms with Gasteiger partial charge in [0.1, 0.15) is 12.1 Å². The van der Waals surface area contributed by atoms with Gasteiger partial charge in [0.05, 0.1) is 17.5 Å². The van der Waals surface area contributed by atoms with Gasteiger partial charge in [-0.1, -0.05) is 15.9 Å². The van der Waals surface area contributed by atoms with E-state index in [0.29, 0.717) is 12.8 Å².